The molecule has 1 aromatic heterocycles. The van der Waals surface area contributed by atoms with Gasteiger partial charge in [0, 0.05) is 30.2 Å². The Bertz CT molecular complexity index is 1190. The molecule has 1 N–H and O–H groups in total. The number of nitrogens with zero attached hydrogens (tertiary/aromatic N) is 2. The first-order chi connectivity index (χ1) is 18.6. The fourth-order valence-electron chi connectivity index (χ4n) is 6.39. The third kappa shape index (κ3) is 6.53. The van der Waals surface area contributed by atoms with Gasteiger partial charge < -0.3 is 14.4 Å². The molecule has 8 nitrogen and oxygen atoms in total. The topological polar surface area (TPSA) is 110 Å². The van der Waals surface area contributed by atoms with Crippen LogP contribution in [0, 0.1) is 17.3 Å². The summed E-state index contributed by atoms with van der Waals surface area (Å²) in [5, 5.41) is 13.9. The Morgan fingerprint density at radius 1 is 1.13 bits per heavy atom. The summed E-state index contributed by atoms with van der Waals surface area (Å²) in [5.41, 5.74) is 3.19. The second kappa shape index (κ2) is 11.1. The number of aromatic nitrogens is 1. The molecule has 3 fully saturated rings. The maximum absolute atomic E-state index is 13.8. The molecule has 3 aliphatic rings. The maximum Gasteiger partial charge on any atom is 0.416 e. The van der Waals surface area contributed by atoms with Crippen molar-refractivity contribution in [3.8, 4) is 0 Å². The minimum Gasteiger partial charge on any atom is -0.481 e. The van der Waals surface area contributed by atoms with E-state index >= 15 is 0 Å². The van der Waals surface area contributed by atoms with Gasteiger partial charge in [-0.05, 0) is 67.8 Å². The number of hydrogen-bond donors (Lipinski definition) is 1. The molecule has 2 saturated carbocycles. The van der Waals surface area contributed by atoms with Crippen LogP contribution in [0.2, 0.25) is 0 Å². The predicted molar refractivity (Wildman–Crippen MR) is 144 cm³/mol. The summed E-state index contributed by atoms with van der Waals surface area (Å²) in [7, 11) is 0. The van der Waals surface area contributed by atoms with Gasteiger partial charge in [0.2, 0.25) is 5.91 Å². The highest BCUT2D eigenvalue weighted by Crippen LogP contribution is 2.52. The van der Waals surface area contributed by atoms with Crippen LogP contribution < -0.4 is 0 Å². The van der Waals surface area contributed by atoms with Crippen LogP contribution in [-0.2, 0) is 27.2 Å². The SMILES string of the molecule is CC(C)(C)C[C@H]1C[C@@H](c2onc(C[C@H](CCC(=O)O)C(=O)N3C(=O)OC[C@@H]3Cc3ccccc3)c2C2CC2)C1. The number of benzene rings is 1. The summed E-state index contributed by atoms with van der Waals surface area (Å²) >= 11 is 0. The van der Waals surface area contributed by atoms with E-state index in [1.165, 1.54) is 11.3 Å². The van der Waals surface area contributed by atoms with Gasteiger partial charge >= 0.3 is 12.1 Å². The van der Waals surface area contributed by atoms with Gasteiger partial charge in [-0.2, -0.15) is 0 Å². The maximum atomic E-state index is 13.8. The van der Waals surface area contributed by atoms with Gasteiger partial charge in [0.25, 0.3) is 0 Å². The average Bonchev–Trinajstić information content (AvgIpc) is 3.51. The molecule has 0 unspecified atom stereocenters. The summed E-state index contributed by atoms with van der Waals surface area (Å²) in [6.07, 6.45) is 5.57. The zero-order valence-electron chi connectivity index (χ0n) is 23.2. The standard InChI is InChI=1S/C31H40N2O6/c1-31(2,3)17-20-13-23(14-20)28-27(21-9-10-21)25(32-39-28)16-22(11-12-26(34)35)29(36)33-24(18-38-30(33)37)15-19-7-5-4-6-8-19/h4-8,20-24H,9-18H2,1-3H3,(H,34,35)/t20-,22-,23+,24-/m0/s1. The quantitative estimate of drug-likeness (QED) is 0.370. The Morgan fingerprint density at radius 2 is 1.85 bits per heavy atom. The highest BCUT2D eigenvalue weighted by Gasteiger charge is 2.44. The number of cyclic esters (lactones) is 1. The molecule has 2 amide bonds. The molecule has 0 spiro atoms. The van der Waals surface area contributed by atoms with Crippen molar-refractivity contribution in [1.82, 2.24) is 10.1 Å². The van der Waals surface area contributed by atoms with Gasteiger partial charge in [-0.3, -0.25) is 9.59 Å². The van der Waals surface area contributed by atoms with Crippen molar-refractivity contribution >= 4 is 18.0 Å². The minimum absolute atomic E-state index is 0.124. The van der Waals surface area contributed by atoms with Crippen molar-refractivity contribution in [1.29, 1.82) is 0 Å². The molecule has 1 saturated heterocycles. The van der Waals surface area contributed by atoms with E-state index in [0.29, 0.717) is 29.6 Å². The van der Waals surface area contributed by atoms with Crippen molar-refractivity contribution < 1.29 is 28.8 Å². The van der Waals surface area contributed by atoms with E-state index in [4.69, 9.17) is 9.26 Å². The van der Waals surface area contributed by atoms with E-state index in [9.17, 15) is 19.5 Å². The lowest BCUT2D eigenvalue weighted by Gasteiger charge is -2.38. The van der Waals surface area contributed by atoms with Crippen LogP contribution in [0.5, 0.6) is 0 Å². The summed E-state index contributed by atoms with van der Waals surface area (Å²) in [6.45, 7) is 6.95. The van der Waals surface area contributed by atoms with Crippen molar-refractivity contribution in [3.05, 3.63) is 52.9 Å². The van der Waals surface area contributed by atoms with E-state index in [2.05, 4.69) is 25.9 Å². The molecule has 2 aliphatic carbocycles. The van der Waals surface area contributed by atoms with Gasteiger partial charge in [-0.1, -0.05) is 56.3 Å². The van der Waals surface area contributed by atoms with Crippen molar-refractivity contribution in [2.75, 3.05) is 6.61 Å². The summed E-state index contributed by atoms with van der Waals surface area (Å²) in [4.78, 5) is 39.2. The Morgan fingerprint density at radius 3 is 2.49 bits per heavy atom. The fourth-order valence-corrected chi connectivity index (χ4v) is 6.39. The number of ether oxygens (including phenoxy) is 1. The molecule has 0 radical (unpaired) electrons. The second-order valence-electron chi connectivity index (χ2n) is 12.9. The van der Waals surface area contributed by atoms with Crippen molar-refractivity contribution in [3.63, 3.8) is 0 Å². The van der Waals surface area contributed by atoms with E-state index < -0.39 is 24.0 Å². The van der Waals surface area contributed by atoms with E-state index in [-0.39, 0.29) is 31.8 Å². The van der Waals surface area contributed by atoms with E-state index in [1.54, 1.807) is 0 Å². The second-order valence-corrected chi connectivity index (χ2v) is 12.9. The van der Waals surface area contributed by atoms with Crippen molar-refractivity contribution in [2.24, 2.45) is 17.3 Å². The van der Waals surface area contributed by atoms with Crippen molar-refractivity contribution in [2.45, 2.75) is 96.4 Å². The highest BCUT2D eigenvalue weighted by molar-refractivity contribution is 5.95. The number of carboxylic acid groups (broad SMARTS) is 1. The Balaban J connectivity index is 1.34. The lowest BCUT2D eigenvalue weighted by atomic mass is 9.67. The molecule has 2 heterocycles. The molecule has 2 aromatic rings. The Kier molecular flexibility index (Phi) is 7.83. The van der Waals surface area contributed by atoms with Gasteiger partial charge in [-0.25, -0.2) is 9.69 Å². The lowest BCUT2D eigenvalue weighted by Crippen LogP contribution is -2.44. The highest BCUT2D eigenvalue weighted by atomic mass is 16.6. The van der Waals surface area contributed by atoms with Gasteiger partial charge in [0.1, 0.15) is 12.4 Å². The van der Waals surface area contributed by atoms with Crippen LogP contribution in [0.4, 0.5) is 4.79 Å². The summed E-state index contributed by atoms with van der Waals surface area (Å²) in [6, 6.07) is 9.25. The monoisotopic (exact) mass is 536 g/mol. The first-order valence-electron chi connectivity index (χ1n) is 14.3. The van der Waals surface area contributed by atoms with Crippen LogP contribution >= 0.6 is 0 Å². The largest absolute Gasteiger partial charge is 0.481 e. The Hall–Kier alpha value is -3.16. The van der Waals surface area contributed by atoms with Crippen LogP contribution in [0.3, 0.4) is 0 Å². The smallest absolute Gasteiger partial charge is 0.416 e. The van der Waals surface area contributed by atoms with Crippen LogP contribution in [-0.4, -0.2) is 45.8 Å². The Labute approximate surface area is 230 Å². The molecule has 1 aromatic carbocycles. The molecule has 5 rings (SSSR count). The number of amides is 2. The summed E-state index contributed by atoms with van der Waals surface area (Å²) in [5.74, 6) is 0.329. The van der Waals surface area contributed by atoms with E-state index in [0.717, 1.165) is 48.3 Å². The number of carboxylic acids is 1. The normalized spacial score (nSPS) is 23.8. The molecule has 1 aliphatic heterocycles. The molecule has 2 atom stereocenters. The van der Waals surface area contributed by atoms with Gasteiger partial charge in [-0.15, -0.1) is 0 Å². The summed E-state index contributed by atoms with van der Waals surface area (Å²) < 4.78 is 11.2. The molecular formula is C31H40N2O6. The first kappa shape index (κ1) is 27.4. The van der Waals surface area contributed by atoms with Gasteiger partial charge in [0.15, 0.2) is 0 Å². The number of rotatable bonds is 11. The minimum atomic E-state index is -0.972. The zero-order valence-corrected chi connectivity index (χ0v) is 23.2. The number of hydrogen-bond acceptors (Lipinski definition) is 6. The molecule has 210 valence electrons. The molecule has 8 heteroatoms. The number of imide groups is 1. The van der Waals surface area contributed by atoms with E-state index in [1.807, 2.05) is 30.3 Å². The average molecular weight is 537 g/mol. The lowest BCUT2D eigenvalue weighted by molar-refractivity contribution is -0.138. The van der Waals surface area contributed by atoms with Crippen LogP contribution in [0.1, 0.15) is 100 Å². The number of carbonyl (C=O) groups is 3. The van der Waals surface area contributed by atoms with Crippen LogP contribution in [0.25, 0.3) is 0 Å². The fraction of sp³-hybridized carbons (Fsp3) is 0.613. The number of aliphatic carboxylic acids is 1. The third-order valence-corrected chi connectivity index (χ3v) is 8.33. The zero-order chi connectivity index (χ0) is 27.7. The first-order valence-corrected chi connectivity index (χ1v) is 14.3. The predicted octanol–water partition coefficient (Wildman–Crippen LogP) is 6.10. The molecule has 39 heavy (non-hydrogen) atoms. The molecular weight excluding hydrogens is 496 g/mol. The number of carbonyl (C=O) groups excluding carboxylic acids is 2. The molecule has 0 bridgehead atoms. The van der Waals surface area contributed by atoms with Gasteiger partial charge in [0.05, 0.1) is 11.7 Å². The third-order valence-electron chi connectivity index (χ3n) is 8.33. The van der Waals surface area contributed by atoms with Crippen LogP contribution in [0.15, 0.2) is 34.9 Å².